The van der Waals surface area contributed by atoms with Gasteiger partial charge in [-0.15, -0.1) is 0 Å². The lowest BCUT2D eigenvalue weighted by Crippen LogP contribution is -2.24. The second kappa shape index (κ2) is 4.80. The highest BCUT2D eigenvalue weighted by Crippen LogP contribution is 2.25. The summed E-state index contributed by atoms with van der Waals surface area (Å²) >= 11 is 0. The second-order valence-corrected chi connectivity index (χ2v) is 4.61. The number of benzene rings is 1. The first kappa shape index (κ1) is 12.4. The summed E-state index contributed by atoms with van der Waals surface area (Å²) in [6.45, 7) is 2.59. The van der Waals surface area contributed by atoms with E-state index in [9.17, 15) is 4.79 Å². The highest BCUT2D eigenvalue weighted by atomic mass is 16.1. The van der Waals surface area contributed by atoms with Crippen molar-refractivity contribution in [2.75, 3.05) is 12.3 Å². The monoisotopic (exact) mass is 269 g/mol. The van der Waals surface area contributed by atoms with E-state index < -0.39 is 0 Å². The van der Waals surface area contributed by atoms with Crippen LogP contribution in [0.2, 0.25) is 0 Å². The van der Waals surface area contributed by atoms with E-state index in [4.69, 9.17) is 5.73 Å². The Hall–Kier alpha value is -2.63. The molecule has 6 nitrogen and oxygen atoms in total. The minimum atomic E-state index is -0.0560. The van der Waals surface area contributed by atoms with E-state index in [2.05, 4.69) is 15.3 Å². The maximum Gasteiger partial charge on any atom is 0.216 e. The van der Waals surface area contributed by atoms with Gasteiger partial charge < -0.3 is 15.6 Å². The Morgan fingerprint density at radius 3 is 2.95 bits per heavy atom. The SMILES string of the molecule is CC(=O)NCCn1c(N)nc2cnc3ccccc3c21. The average Bonchev–Trinajstić information content (AvgIpc) is 2.75. The molecule has 0 unspecified atom stereocenters. The number of hydrogen-bond acceptors (Lipinski definition) is 4. The summed E-state index contributed by atoms with van der Waals surface area (Å²) in [6.07, 6.45) is 1.73. The molecule has 0 radical (unpaired) electrons. The second-order valence-electron chi connectivity index (χ2n) is 4.61. The lowest BCUT2D eigenvalue weighted by Gasteiger charge is -2.08. The Kier molecular flexibility index (Phi) is 2.98. The fraction of sp³-hybridized carbons (Fsp3) is 0.214. The number of imidazole rings is 1. The standard InChI is InChI=1S/C14H15N5O/c1-9(20)16-6-7-19-13-10-4-2-3-5-11(10)17-8-12(13)18-14(19)15/h2-5,8H,6-7H2,1H3,(H2,15,18)(H,16,20). The highest BCUT2D eigenvalue weighted by molar-refractivity contribution is 6.02. The van der Waals surface area contributed by atoms with Gasteiger partial charge in [-0.2, -0.15) is 0 Å². The lowest BCUT2D eigenvalue weighted by molar-refractivity contribution is -0.118. The molecule has 0 aliphatic heterocycles. The third-order valence-electron chi connectivity index (χ3n) is 3.22. The molecular formula is C14H15N5O. The Morgan fingerprint density at radius 2 is 2.15 bits per heavy atom. The van der Waals surface area contributed by atoms with Crippen molar-refractivity contribution in [3.05, 3.63) is 30.5 Å². The van der Waals surface area contributed by atoms with Gasteiger partial charge in [0.05, 0.1) is 17.2 Å². The normalized spacial score (nSPS) is 11.1. The zero-order valence-corrected chi connectivity index (χ0v) is 11.1. The van der Waals surface area contributed by atoms with Gasteiger partial charge in [0.25, 0.3) is 0 Å². The molecule has 1 aromatic carbocycles. The molecule has 102 valence electrons. The van der Waals surface area contributed by atoms with Crippen LogP contribution in [0.3, 0.4) is 0 Å². The first-order chi connectivity index (χ1) is 9.66. The number of nitrogens with one attached hydrogen (secondary N) is 1. The van der Waals surface area contributed by atoms with Crippen LogP contribution in [0.15, 0.2) is 30.5 Å². The van der Waals surface area contributed by atoms with Crippen LogP contribution < -0.4 is 11.1 Å². The average molecular weight is 269 g/mol. The van der Waals surface area contributed by atoms with Gasteiger partial charge in [-0.25, -0.2) is 4.98 Å². The summed E-state index contributed by atoms with van der Waals surface area (Å²) < 4.78 is 1.91. The van der Waals surface area contributed by atoms with Gasteiger partial charge in [0.2, 0.25) is 11.9 Å². The first-order valence-electron chi connectivity index (χ1n) is 6.40. The van der Waals surface area contributed by atoms with E-state index >= 15 is 0 Å². The number of para-hydroxylation sites is 1. The number of hydrogen-bond donors (Lipinski definition) is 2. The van der Waals surface area contributed by atoms with E-state index in [0.717, 1.165) is 21.9 Å². The topological polar surface area (TPSA) is 85.8 Å². The summed E-state index contributed by atoms with van der Waals surface area (Å²) in [5.41, 5.74) is 8.60. The van der Waals surface area contributed by atoms with Crippen LogP contribution in [0.4, 0.5) is 5.95 Å². The smallest absolute Gasteiger partial charge is 0.216 e. The van der Waals surface area contributed by atoms with E-state index in [0.29, 0.717) is 19.0 Å². The van der Waals surface area contributed by atoms with Gasteiger partial charge in [0, 0.05) is 25.4 Å². The van der Waals surface area contributed by atoms with Crippen molar-refractivity contribution in [3.8, 4) is 0 Å². The van der Waals surface area contributed by atoms with Gasteiger partial charge in [-0.05, 0) is 6.07 Å². The summed E-state index contributed by atoms with van der Waals surface area (Å²) in [5, 5.41) is 3.78. The number of fused-ring (bicyclic) bond motifs is 3. The zero-order valence-electron chi connectivity index (χ0n) is 11.1. The van der Waals surface area contributed by atoms with Crippen LogP contribution in [0, 0.1) is 0 Å². The van der Waals surface area contributed by atoms with Crippen molar-refractivity contribution in [2.45, 2.75) is 13.5 Å². The number of aromatic nitrogens is 3. The van der Waals surface area contributed by atoms with Gasteiger partial charge in [0.15, 0.2) is 0 Å². The Balaban J connectivity index is 2.12. The van der Waals surface area contributed by atoms with Crippen molar-refractivity contribution in [2.24, 2.45) is 0 Å². The van der Waals surface area contributed by atoms with Crippen molar-refractivity contribution >= 4 is 33.8 Å². The molecule has 3 aromatic rings. The lowest BCUT2D eigenvalue weighted by atomic mass is 10.2. The molecule has 0 aliphatic rings. The van der Waals surface area contributed by atoms with Crippen LogP contribution in [0.1, 0.15) is 6.92 Å². The van der Waals surface area contributed by atoms with Crippen LogP contribution in [0.25, 0.3) is 21.9 Å². The molecule has 6 heteroatoms. The number of nitrogens with zero attached hydrogens (tertiary/aromatic N) is 3. The highest BCUT2D eigenvalue weighted by Gasteiger charge is 2.11. The summed E-state index contributed by atoms with van der Waals surface area (Å²) in [7, 11) is 0. The number of pyridine rings is 1. The quantitative estimate of drug-likeness (QED) is 0.750. The van der Waals surface area contributed by atoms with E-state index in [-0.39, 0.29) is 5.91 Å². The predicted molar refractivity (Wildman–Crippen MR) is 78.1 cm³/mol. The van der Waals surface area contributed by atoms with E-state index in [1.807, 2.05) is 28.8 Å². The van der Waals surface area contributed by atoms with Crippen molar-refractivity contribution in [1.29, 1.82) is 0 Å². The Labute approximate surface area is 115 Å². The fourth-order valence-electron chi connectivity index (χ4n) is 2.35. The molecule has 3 N–H and O–H groups in total. The van der Waals surface area contributed by atoms with Crippen molar-refractivity contribution < 1.29 is 4.79 Å². The van der Waals surface area contributed by atoms with Crippen LogP contribution in [-0.4, -0.2) is 27.0 Å². The molecule has 3 rings (SSSR count). The Bertz CT molecular complexity index is 793. The fourth-order valence-corrected chi connectivity index (χ4v) is 2.35. The number of nitrogen functional groups attached to an aromatic ring is 1. The maximum atomic E-state index is 11.0. The van der Waals surface area contributed by atoms with Crippen molar-refractivity contribution in [3.63, 3.8) is 0 Å². The molecule has 2 aromatic heterocycles. The number of nitrogens with two attached hydrogens (primary N) is 1. The van der Waals surface area contributed by atoms with E-state index in [1.54, 1.807) is 6.20 Å². The third kappa shape index (κ3) is 2.05. The van der Waals surface area contributed by atoms with Crippen molar-refractivity contribution in [1.82, 2.24) is 19.9 Å². The molecule has 0 bridgehead atoms. The molecule has 0 atom stereocenters. The molecule has 0 aliphatic carbocycles. The van der Waals surface area contributed by atoms with Crippen LogP contribution in [0.5, 0.6) is 0 Å². The summed E-state index contributed by atoms with van der Waals surface area (Å²) in [5.74, 6) is 0.378. The summed E-state index contributed by atoms with van der Waals surface area (Å²) in [6, 6.07) is 7.87. The van der Waals surface area contributed by atoms with Crippen LogP contribution in [-0.2, 0) is 11.3 Å². The number of carbonyl (C=O) groups excluding carboxylic acids is 1. The molecule has 0 fully saturated rings. The number of anilines is 1. The number of rotatable bonds is 3. The van der Waals surface area contributed by atoms with Gasteiger partial charge in [0.1, 0.15) is 5.52 Å². The Morgan fingerprint density at radius 1 is 1.35 bits per heavy atom. The third-order valence-corrected chi connectivity index (χ3v) is 3.22. The minimum Gasteiger partial charge on any atom is -0.369 e. The largest absolute Gasteiger partial charge is 0.369 e. The summed E-state index contributed by atoms with van der Waals surface area (Å²) in [4.78, 5) is 19.7. The first-order valence-corrected chi connectivity index (χ1v) is 6.40. The van der Waals surface area contributed by atoms with Gasteiger partial charge in [-0.1, -0.05) is 18.2 Å². The molecule has 0 saturated heterocycles. The molecule has 2 heterocycles. The molecule has 0 spiro atoms. The zero-order chi connectivity index (χ0) is 14.1. The molecule has 20 heavy (non-hydrogen) atoms. The molecule has 0 saturated carbocycles. The maximum absolute atomic E-state index is 11.0. The number of carbonyl (C=O) groups is 1. The van der Waals surface area contributed by atoms with Gasteiger partial charge in [-0.3, -0.25) is 9.78 Å². The van der Waals surface area contributed by atoms with E-state index in [1.165, 1.54) is 6.92 Å². The minimum absolute atomic E-state index is 0.0560. The van der Waals surface area contributed by atoms with Crippen LogP contribution >= 0.6 is 0 Å². The predicted octanol–water partition coefficient (Wildman–Crippen LogP) is 1.30. The molecule has 1 amide bonds. The number of amides is 1. The van der Waals surface area contributed by atoms with Gasteiger partial charge >= 0.3 is 0 Å². The molecular weight excluding hydrogens is 254 g/mol.